The van der Waals surface area contributed by atoms with E-state index in [1.165, 1.54) is 4.90 Å². The van der Waals surface area contributed by atoms with E-state index in [4.69, 9.17) is 21.3 Å². The molecule has 1 unspecified atom stereocenters. The maximum absolute atomic E-state index is 13.1. The molecule has 1 N–H and O–H groups in total. The summed E-state index contributed by atoms with van der Waals surface area (Å²) in [6, 6.07) is 17.0. The van der Waals surface area contributed by atoms with Crippen LogP contribution < -0.4 is 4.90 Å². The van der Waals surface area contributed by atoms with Crippen molar-refractivity contribution in [1.82, 2.24) is 4.98 Å². The average molecular weight is 396 g/mol. The molecule has 144 valence electrons. The summed E-state index contributed by atoms with van der Waals surface area (Å²) in [5.74, 6) is -0.283. The number of aromatic nitrogens is 1. The molecule has 3 aromatic rings. The first-order chi connectivity index (χ1) is 13.7. The van der Waals surface area contributed by atoms with E-state index in [1.807, 2.05) is 48.5 Å². The molecule has 0 amide bonds. The fourth-order valence-electron chi connectivity index (χ4n) is 3.89. The van der Waals surface area contributed by atoms with Crippen LogP contribution in [0.25, 0.3) is 22.2 Å². The largest absolute Gasteiger partial charge is 0.453 e. The number of esters is 1. The van der Waals surface area contributed by atoms with Gasteiger partial charge in [0.15, 0.2) is 6.10 Å². The van der Waals surface area contributed by atoms with Gasteiger partial charge in [0, 0.05) is 22.4 Å². The van der Waals surface area contributed by atoms with Crippen LogP contribution in [-0.2, 0) is 4.74 Å². The number of halogens is 1. The first kappa shape index (κ1) is 18.9. The minimum atomic E-state index is -0.283. The van der Waals surface area contributed by atoms with E-state index >= 15 is 0 Å². The van der Waals surface area contributed by atoms with Gasteiger partial charge in [0.2, 0.25) is 0 Å². The number of nitrogens with one attached hydrogen (secondary N) is 1. The lowest BCUT2D eigenvalue weighted by molar-refractivity contribution is -0.906. The summed E-state index contributed by atoms with van der Waals surface area (Å²) >= 11 is 6.37. The third-order valence-corrected chi connectivity index (χ3v) is 5.76. The number of para-hydroxylation sites is 1. The monoisotopic (exact) mass is 395 g/mol. The lowest BCUT2D eigenvalue weighted by Crippen LogP contribution is -3.13. The van der Waals surface area contributed by atoms with Gasteiger partial charge in [-0.2, -0.15) is 0 Å². The highest BCUT2D eigenvalue weighted by molar-refractivity contribution is 6.33. The zero-order valence-corrected chi connectivity index (χ0v) is 16.7. The third kappa shape index (κ3) is 3.89. The molecule has 1 aromatic heterocycles. The summed E-state index contributed by atoms with van der Waals surface area (Å²) in [5, 5.41) is 1.41. The Morgan fingerprint density at radius 1 is 1.21 bits per heavy atom. The second-order valence-electron chi connectivity index (χ2n) is 7.28. The van der Waals surface area contributed by atoms with E-state index in [0.29, 0.717) is 16.3 Å². The number of benzene rings is 2. The maximum atomic E-state index is 13.1. The molecular formula is C23H24ClN2O2+. The van der Waals surface area contributed by atoms with Crippen LogP contribution in [0.5, 0.6) is 0 Å². The predicted octanol–water partition coefficient (Wildman–Crippen LogP) is 3.78. The van der Waals surface area contributed by atoms with Crippen LogP contribution >= 0.6 is 11.6 Å². The smallest absolute Gasteiger partial charge is 0.339 e. The highest BCUT2D eigenvalue weighted by atomic mass is 35.5. The van der Waals surface area contributed by atoms with Gasteiger partial charge < -0.3 is 9.64 Å². The number of pyridine rings is 1. The van der Waals surface area contributed by atoms with Gasteiger partial charge in [-0.15, -0.1) is 0 Å². The molecule has 1 saturated heterocycles. The molecule has 1 aliphatic heterocycles. The molecule has 2 atom stereocenters. The number of hydrogen-bond acceptors (Lipinski definition) is 3. The van der Waals surface area contributed by atoms with E-state index in [1.54, 1.807) is 6.07 Å². The van der Waals surface area contributed by atoms with Crippen molar-refractivity contribution in [1.29, 1.82) is 0 Å². The first-order valence-corrected chi connectivity index (χ1v) is 10.2. The number of quaternary nitrogens is 1. The fraction of sp³-hybridized carbons (Fsp3) is 0.304. The molecule has 2 aromatic carbocycles. The number of carbonyl (C=O) groups excluding carboxylic acids is 1. The molecule has 28 heavy (non-hydrogen) atoms. The molecule has 5 heteroatoms. The Bertz CT molecular complexity index is 1000. The third-order valence-electron chi connectivity index (χ3n) is 5.43. The van der Waals surface area contributed by atoms with Gasteiger partial charge in [0.25, 0.3) is 0 Å². The molecular weight excluding hydrogens is 372 g/mol. The number of carbonyl (C=O) groups is 1. The number of likely N-dealkylation sites (tertiary alicyclic amines) is 1. The molecule has 0 aliphatic carbocycles. The number of likely N-dealkylation sites (N-methyl/N-ethyl adjacent to an activating group) is 1. The van der Waals surface area contributed by atoms with Crippen molar-refractivity contribution < 1.29 is 14.4 Å². The molecule has 0 radical (unpaired) electrons. The quantitative estimate of drug-likeness (QED) is 0.684. The number of rotatable bonds is 4. The average Bonchev–Trinajstić information content (AvgIpc) is 2.73. The number of fused-ring (bicyclic) bond motifs is 1. The van der Waals surface area contributed by atoms with Crippen LogP contribution in [0.4, 0.5) is 0 Å². The lowest BCUT2D eigenvalue weighted by atomic mass is 10.0. The zero-order chi connectivity index (χ0) is 19.5. The SMILES string of the molecule is CC[NH+]1CCC[C@H](OC(=O)c2cc(-c3ccccc3Cl)nc3ccccc23)C1. The number of nitrogens with zero attached hydrogens (tertiary/aromatic N) is 1. The zero-order valence-electron chi connectivity index (χ0n) is 16.0. The molecule has 0 saturated carbocycles. The van der Waals surface area contributed by atoms with Crippen molar-refractivity contribution in [3.63, 3.8) is 0 Å². The van der Waals surface area contributed by atoms with Gasteiger partial charge in [-0.3, -0.25) is 0 Å². The topological polar surface area (TPSA) is 43.6 Å². The van der Waals surface area contributed by atoms with Crippen molar-refractivity contribution in [3.05, 3.63) is 65.2 Å². The summed E-state index contributed by atoms with van der Waals surface area (Å²) in [4.78, 5) is 19.3. The minimum absolute atomic E-state index is 0.0353. The molecule has 4 nitrogen and oxygen atoms in total. The van der Waals surface area contributed by atoms with Gasteiger partial charge in [0.1, 0.15) is 6.54 Å². The molecule has 1 aliphatic rings. The van der Waals surface area contributed by atoms with Gasteiger partial charge in [-0.1, -0.05) is 48.0 Å². The number of ether oxygens (including phenoxy) is 1. The van der Waals surface area contributed by atoms with Gasteiger partial charge in [0.05, 0.1) is 29.9 Å². The van der Waals surface area contributed by atoms with E-state index in [2.05, 4.69) is 6.92 Å². The summed E-state index contributed by atoms with van der Waals surface area (Å²) in [6.45, 7) is 5.26. The Morgan fingerprint density at radius 3 is 2.82 bits per heavy atom. The second kappa shape index (κ2) is 8.29. The van der Waals surface area contributed by atoms with E-state index in [9.17, 15) is 4.79 Å². The van der Waals surface area contributed by atoms with E-state index in [-0.39, 0.29) is 12.1 Å². The molecule has 1 fully saturated rings. The Labute approximate surface area is 170 Å². The van der Waals surface area contributed by atoms with Crippen molar-refractivity contribution in [2.75, 3.05) is 19.6 Å². The molecule has 0 bridgehead atoms. The van der Waals surface area contributed by atoms with Crippen molar-refractivity contribution >= 4 is 28.5 Å². The standard InChI is InChI=1S/C23H23ClN2O2/c1-2-26-13-7-8-16(15-26)28-23(27)19-14-22(18-10-3-5-11-20(18)24)25-21-12-6-4-9-17(19)21/h3-6,9-12,14,16H,2,7-8,13,15H2,1H3/p+1/t16-/m0/s1. The summed E-state index contributed by atoms with van der Waals surface area (Å²) in [6.07, 6.45) is 1.98. The Kier molecular flexibility index (Phi) is 5.60. The fourth-order valence-corrected chi connectivity index (χ4v) is 4.13. The molecule has 4 rings (SSSR count). The van der Waals surface area contributed by atoms with Crippen LogP contribution in [0.3, 0.4) is 0 Å². The van der Waals surface area contributed by atoms with Gasteiger partial charge in [-0.25, -0.2) is 9.78 Å². The Hall–Kier alpha value is -2.43. The highest BCUT2D eigenvalue weighted by Crippen LogP contribution is 2.30. The van der Waals surface area contributed by atoms with E-state index in [0.717, 1.165) is 48.9 Å². The van der Waals surface area contributed by atoms with Crippen LogP contribution in [0.15, 0.2) is 54.6 Å². The first-order valence-electron chi connectivity index (χ1n) is 9.85. The lowest BCUT2D eigenvalue weighted by Gasteiger charge is -2.28. The van der Waals surface area contributed by atoms with Crippen LogP contribution in [0, 0.1) is 0 Å². The van der Waals surface area contributed by atoms with Gasteiger partial charge >= 0.3 is 5.97 Å². The summed E-state index contributed by atoms with van der Waals surface area (Å²) in [5.41, 5.74) is 2.80. The number of piperidine rings is 1. The maximum Gasteiger partial charge on any atom is 0.339 e. The normalized spacial score (nSPS) is 19.5. The van der Waals surface area contributed by atoms with Gasteiger partial charge in [-0.05, 0) is 31.5 Å². The molecule has 0 spiro atoms. The van der Waals surface area contributed by atoms with E-state index < -0.39 is 0 Å². The van der Waals surface area contributed by atoms with Crippen molar-refractivity contribution in [2.45, 2.75) is 25.9 Å². The van der Waals surface area contributed by atoms with Crippen molar-refractivity contribution in [3.8, 4) is 11.3 Å². The van der Waals surface area contributed by atoms with Crippen LogP contribution in [0.1, 0.15) is 30.1 Å². The predicted molar refractivity (Wildman–Crippen MR) is 112 cm³/mol. The minimum Gasteiger partial charge on any atom is -0.453 e. The van der Waals surface area contributed by atoms with Crippen molar-refractivity contribution in [2.24, 2.45) is 0 Å². The Balaban J connectivity index is 1.71. The highest BCUT2D eigenvalue weighted by Gasteiger charge is 2.26. The van der Waals surface area contributed by atoms with Crippen LogP contribution in [-0.4, -0.2) is 36.7 Å². The molecule has 2 heterocycles. The number of hydrogen-bond donors (Lipinski definition) is 1. The van der Waals surface area contributed by atoms with Crippen LogP contribution in [0.2, 0.25) is 5.02 Å². The Morgan fingerprint density at radius 2 is 2.00 bits per heavy atom. The second-order valence-corrected chi connectivity index (χ2v) is 7.69. The summed E-state index contributed by atoms with van der Waals surface area (Å²) < 4.78 is 5.92. The summed E-state index contributed by atoms with van der Waals surface area (Å²) in [7, 11) is 0.